The van der Waals surface area contributed by atoms with Crippen LogP contribution in [0.5, 0.6) is 5.75 Å². The molecule has 0 aliphatic carbocycles. The lowest BCUT2D eigenvalue weighted by Gasteiger charge is -2.32. The highest BCUT2D eigenvalue weighted by atomic mass is 35.5. The third-order valence-corrected chi connectivity index (χ3v) is 5.25. The summed E-state index contributed by atoms with van der Waals surface area (Å²) in [6.45, 7) is 10.4. The van der Waals surface area contributed by atoms with Crippen molar-refractivity contribution in [3.63, 3.8) is 0 Å². The van der Waals surface area contributed by atoms with E-state index in [0.717, 1.165) is 61.6 Å². The van der Waals surface area contributed by atoms with Crippen molar-refractivity contribution in [1.29, 1.82) is 0 Å². The number of nitrogens with zero attached hydrogens (tertiary/aromatic N) is 3. The van der Waals surface area contributed by atoms with E-state index in [0.29, 0.717) is 12.2 Å². The van der Waals surface area contributed by atoms with Crippen LogP contribution in [-0.2, 0) is 11.3 Å². The van der Waals surface area contributed by atoms with Gasteiger partial charge in [-0.2, -0.15) is 0 Å². The molecule has 0 saturated carbocycles. The maximum absolute atomic E-state index is 12.5. The summed E-state index contributed by atoms with van der Waals surface area (Å²) >= 11 is 0. The van der Waals surface area contributed by atoms with Crippen molar-refractivity contribution in [3.8, 4) is 5.75 Å². The summed E-state index contributed by atoms with van der Waals surface area (Å²) in [5.41, 5.74) is 2.67. The van der Waals surface area contributed by atoms with E-state index in [1.54, 1.807) is 7.11 Å². The zero-order valence-corrected chi connectivity index (χ0v) is 18.7. The van der Waals surface area contributed by atoms with Gasteiger partial charge >= 0.3 is 5.97 Å². The Morgan fingerprint density at radius 1 is 1.11 bits per heavy atom. The number of methoxy groups -OCH3 is 1. The number of aromatic nitrogens is 1. The van der Waals surface area contributed by atoms with Crippen LogP contribution in [0.1, 0.15) is 23.0 Å². The highest BCUT2D eigenvalue weighted by molar-refractivity contribution is 6.06. The van der Waals surface area contributed by atoms with Gasteiger partial charge in [0.25, 0.3) is 0 Å². The Kier molecular flexibility index (Phi) is 9.57. The Bertz CT molecular complexity index is 787. The van der Waals surface area contributed by atoms with E-state index in [1.165, 1.54) is 0 Å². The molecule has 6 nitrogen and oxygen atoms in total. The quantitative estimate of drug-likeness (QED) is 0.656. The SMILES string of the molecule is CCOC(=O)c1c(C)n(CCN2CCN(C)CC2)c2ccc(OC)cc12.Cl.Cl. The minimum Gasteiger partial charge on any atom is -0.497 e. The first-order valence-electron chi connectivity index (χ1n) is 9.30. The Hall–Kier alpha value is -1.47. The average molecular weight is 432 g/mol. The molecular weight excluding hydrogens is 401 g/mol. The largest absolute Gasteiger partial charge is 0.497 e. The molecule has 1 saturated heterocycles. The Labute approximate surface area is 179 Å². The van der Waals surface area contributed by atoms with Crippen LogP contribution in [0.2, 0.25) is 0 Å². The van der Waals surface area contributed by atoms with Crippen LogP contribution in [0, 0.1) is 6.92 Å². The molecule has 3 rings (SSSR count). The first-order valence-corrected chi connectivity index (χ1v) is 9.30. The number of hydrogen-bond acceptors (Lipinski definition) is 5. The summed E-state index contributed by atoms with van der Waals surface area (Å²) in [6.07, 6.45) is 0. The van der Waals surface area contributed by atoms with Crippen LogP contribution in [0.15, 0.2) is 18.2 Å². The van der Waals surface area contributed by atoms with Gasteiger partial charge in [-0.25, -0.2) is 4.79 Å². The Morgan fingerprint density at radius 2 is 1.79 bits per heavy atom. The number of benzene rings is 1. The number of piperazine rings is 1. The zero-order valence-electron chi connectivity index (χ0n) is 17.1. The molecule has 1 aromatic carbocycles. The van der Waals surface area contributed by atoms with Gasteiger partial charge in [-0.05, 0) is 39.1 Å². The highest BCUT2D eigenvalue weighted by Crippen LogP contribution is 2.30. The van der Waals surface area contributed by atoms with Crippen molar-refractivity contribution >= 4 is 41.7 Å². The molecular formula is C20H31Cl2N3O3. The van der Waals surface area contributed by atoms with Gasteiger partial charge in [-0.3, -0.25) is 4.90 Å². The lowest BCUT2D eigenvalue weighted by atomic mass is 10.1. The fourth-order valence-corrected chi connectivity index (χ4v) is 3.65. The molecule has 0 unspecified atom stereocenters. The fourth-order valence-electron chi connectivity index (χ4n) is 3.65. The van der Waals surface area contributed by atoms with E-state index in [9.17, 15) is 4.79 Å². The third-order valence-electron chi connectivity index (χ3n) is 5.25. The van der Waals surface area contributed by atoms with Crippen molar-refractivity contribution in [2.24, 2.45) is 0 Å². The fraction of sp³-hybridized carbons (Fsp3) is 0.550. The number of esters is 1. The number of ether oxygens (including phenoxy) is 2. The molecule has 158 valence electrons. The van der Waals surface area contributed by atoms with Gasteiger partial charge in [0.15, 0.2) is 0 Å². The summed E-state index contributed by atoms with van der Waals surface area (Å²) in [5.74, 6) is 0.487. The third kappa shape index (κ3) is 5.11. The summed E-state index contributed by atoms with van der Waals surface area (Å²) in [4.78, 5) is 17.4. The standard InChI is InChI=1S/C20H29N3O3.2ClH/c1-5-26-20(24)19-15(2)23(13-12-22-10-8-21(3)9-11-22)18-7-6-16(25-4)14-17(18)19;;/h6-7,14H,5,8-13H2,1-4H3;2*1H. The van der Waals surface area contributed by atoms with Crippen LogP contribution < -0.4 is 4.74 Å². The number of likely N-dealkylation sites (N-methyl/N-ethyl adjacent to an activating group) is 1. The monoisotopic (exact) mass is 431 g/mol. The minimum atomic E-state index is -0.262. The summed E-state index contributed by atoms with van der Waals surface area (Å²) < 4.78 is 12.9. The molecule has 1 aliphatic heterocycles. The molecule has 0 radical (unpaired) electrons. The Morgan fingerprint density at radius 3 is 2.39 bits per heavy atom. The number of halogens is 2. The number of rotatable bonds is 6. The normalized spacial score (nSPS) is 15.0. The van der Waals surface area contributed by atoms with Gasteiger partial charge in [-0.1, -0.05) is 0 Å². The molecule has 0 spiro atoms. The Balaban J connectivity index is 0.00000196. The van der Waals surface area contributed by atoms with Gasteiger partial charge in [0.2, 0.25) is 0 Å². The molecule has 8 heteroatoms. The summed E-state index contributed by atoms with van der Waals surface area (Å²) in [5, 5.41) is 0.902. The maximum Gasteiger partial charge on any atom is 0.340 e. The van der Waals surface area contributed by atoms with E-state index in [2.05, 4.69) is 21.4 Å². The highest BCUT2D eigenvalue weighted by Gasteiger charge is 2.22. The first-order chi connectivity index (χ1) is 12.5. The number of hydrogen-bond donors (Lipinski definition) is 0. The average Bonchev–Trinajstić information content (AvgIpc) is 2.92. The zero-order chi connectivity index (χ0) is 18.7. The molecule has 0 atom stereocenters. The van der Waals surface area contributed by atoms with Crippen molar-refractivity contribution < 1.29 is 14.3 Å². The molecule has 0 amide bonds. The lowest BCUT2D eigenvalue weighted by Crippen LogP contribution is -2.45. The molecule has 2 aromatic rings. The predicted molar refractivity (Wildman–Crippen MR) is 118 cm³/mol. The number of carbonyl (C=O) groups is 1. The maximum atomic E-state index is 12.5. The van der Waals surface area contributed by atoms with Gasteiger partial charge in [0.1, 0.15) is 5.75 Å². The van der Waals surface area contributed by atoms with E-state index in [1.807, 2.05) is 32.0 Å². The molecule has 0 bridgehead atoms. The smallest absolute Gasteiger partial charge is 0.340 e. The van der Waals surface area contributed by atoms with Crippen LogP contribution in [0.4, 0.5) is 0 Å². The molecule has 28 heavy (non-hydrogen) atoms. The van der Waals surface area contributed by atoms with Crippen molar-refractivity contribution in [2.75, 3.05) is 53.5 Å². The number of carbonyl (C=O) groups excluding carboxylic acids is 1. The molecule has 1 aliphatic rings. The van der Waals surface area contributed by atoms with E-state index >= 15 is 0 Å². The first kappa shape index (κ1) is 24.6. The predicted octanol–water partition coefficient (Wildman–Crippen LogP) is 3.23. The van der Waals surface area contributed by atoms with Crippen LogP contribution >= 0.6 is 24.8 Å². The van der Waals surface area contributed by atoms with Gasteiger partial charge in [0.05, 0.1) is 19.3 Å². The molecule has 1 fully saturated rings. The van der Waals surface area contributed by atoms with Gasteiger partial charge in [0, 0.05) is 55.9 Å². The van der Waals surface area contributed by atoms with Crippen LogP contribution in [0.3, 0.4) is 0 Å². The summed E-state index contributed by atoms with van der Waals surface area (Å²) in [7, 11) is 3.81. The van der Waals surface area contributed by atoms with Crippen LogP contribution in [-0.4, -0.2) is 73.8 Å². The number of fused-ring (bicyclic) bond motifs is 1. The van der Waals surface area contributed by atoms with Crippen molar-refractivity contribution in [1.82, 2.24) is 14.4 Å². The van der Waals surface area contributed by atoms with E-state index in [4.69, 9.17) is 9.47 Å². The van der Waals surface area contributed by atoms with E-state index < -0.39 is 0 Å². The summed E-state index contributed by atoms with van der Waals surface area (Å²) in [6, 6.07) is 5.91. The van der Waals surface area contributed by atoms with Gasteiger partial charge in [-0.15, -0.1) is 24.8 Å². The lowest BCUT2D eigenvalue weighted by molar-refractivity contribution is 0.0527. The van der Waals surface area contributed by atoms with Gasteiger partial charge < -0.3 is 18.9 Å². The second-order valence-corrected chi connectivity index (χ2v) is 6.86. The van der Waals surface area contributed by atoms with Crippen molar-refractivity contribution in [3.05, 3.63) is 29.5 Å². The van der Waals surface area contributed by atoms with Crippen LogP contribution in [0.25, 0.3) is 10.9 Å². The minimum absolute atomic E-state index is 0. The molecule has 1 aromatic heterocycles. The topological polar surface area (TPSA) is 46.9 Å². The van der Waals surface area contributed by atoms with Crippen molar-refractivity contribution in [2.45, 2.75) is 20.4 Å². The van der Waals surface area contributed by atoms with E-state index in [-0.39, 0.29) is 30.8 Å². The second-order valence-electron chi connectivity index (χ2n) is 6.86. The molecule has 0 N–H and O–H groups in total. The second kappa shape index (κ2) is 10.9. The molecule has 2 heterocycles.